The van der Waals surface area contributed by atoms with Crippen LogP contribution in [0.15, 0.2) is 68.3 Å². The Kier molecular flexibility index (Phi) is 5.49. The highest BCUT2D eigenvalue weighted by Crippen LogP contribution is 2.21. The molecule has 1 aromatic heterocycles. The van der Waals surface area contributed by atoms with Gasteiger partial charge in [-0.25, -0.2) is 4.79 Å². The molecule has 0 N–H and O–H groups in total. The van der Waals surface area contributed by atoms with Gasteiger partial charge in [-0.05, 0) is 36.8 Å². The zero-order valence-electron chi connectivity index (χ0n) is 11.8. The Labute approximate surface area is 135 Å². The molecule has 0 saturated carbocycles. The van der Waals surface area contributed by atoms with Crippen molar-refractivity contribution in [1.82, 2.24) is 0 Å². The molecule has 0 aliphatic heterocycles. The normalized spacial score (nSPS) is 9.73. The zero-order valence-corrected chi connectivity index (χ0v) is 13.4. The molecule has 5 heteroatoms. The Morgan fingerprint density at radius 2 is 1.82 bits per heavy atom. The average Bonchev–Trinajstić information content (AvgIpc) is 2.48. The van der Waals surface area contributed by atoms with E-state index in [0.29, 0.717) is 17.8 Å². The van der Waals surface area contributed by atoms with Gasteiger partial charge < -0.3 is 9.15 Å². The van der Waals surface area contributed by atoms with Gasteiger partial charge in [-0.1, -0.05) is 34.1 Å². The monoisotopic (exact) mass is 360 g/mol. The number of carbonyl (C=O) groups excluding carboxylic acids is 1. The Morgan fingerprint density at radius 3 is 2.41 bits per heavy atom. The van der Waals surface area contributed by atoms with E-state index in [2.05, 4.69) is 20.7 Å². The maximum Gasteiger partial charge on any atom is 0.336 e. The summed E-state index contributed by atoms with van der Waals surface area (Å²) in [4.78, 5) is 21.2. The summed E-state index contributed by atoms with van der Waals surface area (Å²) in [6.45, 7) is 2.15. The molecule has 0 unspecified atom stereocenters. The van der Waals surface area contributed by atoms with Crippen LogP contribution in [0.25, 0.3) is 11.0 Å². The number of fused-ring (bicyclic) bond motifs is 1. The molecule has 3 rings (SSSR count). The minimum Gasteiger partial charge on any atom is -0.429 e. The smallest absolute Gasteiger partial charge is 0.336 e. The molecule has 22 heavy (non-hydrogen) atoms. The molecule has 0 aliphatic carbocycles. The predicted octanol–water partition coefficient (Wildman–Crippen LogP) is 4.09. The Morgan fingerprint density at radius 1 is 1.09 bits per heavy atom. The maximum atomic E-state index is 11.1. The second kappa shape index (κ2) is 7.56. The maximum absolute atomic E-state index is 11.1. The van der Waals surface area contributed by atoms with Crippen molar-refractivity contribution in [1.29, 1.82) is 0 Å². The summed E-state index contributed by atoms with van der Waals surface area (Å²) >= 11 is 3.31. The van der Waals surface area contributed by atoms with Gasteiger partial charge >= 0.3 is 5.63 Å². The molecule has 1 heterocycles. The zero-order chi connectivity index (χ0) is 15.9. The third-order valence-electron chi connectivity index (χ3n) is 2.84. The standard InChI is InChI=1S/C11H8O4.C6H5Br/c1-7-4-11(13)15-10-5-8(14-6-12)2-3-9(7)10;7-6-4-2-1-3-5-6/h2-6H,1H3;1-5H. The van der Waals surface area contributed by atoms with Crippen molar-refractivity contribution < 1.29 is 13.9 Å². The third-order valence-corrected chi connectivity index (χ3v) is 3.37. The highest BCUT2D eigenvalue weighted by atomic mass is 79.9. The first-order valence-electron chi connectivity index (χ1n) is 6.45. The Balaban J connectivity index is 0.000000211. The van der Waals surface area contributed by atoms with Gasteiger partial charge in [0.25, 0.3) is 6.47 Å². The van der Waals surface area contributed by atoms with E-state index in [-0.39, 0.29) is 0 Å². The van der Waals surface area contributed by atoms with Gasteiger partial charge in [-0.15, -0.1) is 0 Å². The van der Waals surface area contributed by atoms with Crippen molar-refractivity contribution in [2.24, 2.45) is 0 Å². The average molecular weight is 361 g/mol. The molecule has 0 bridgehead atoms. The summed E-state index contributed by atoms with van der Waals surface area (Å²) in [5.74, 6) is 0.353. The van der Waals surface area contributed by atoms with Crippen LogP contribution in [0.1, 0.15) is 5.56 Å². The molecule has 2 aromatic carbocycles. The lowest BCUT2D eigenvalue weighted by Gasteiger charge is -2.01. The lowest BCUT2D eigenvalue weighted by atomic mass is 10.1. The van der Waals surface area contributed by atoms with Gasteiger partial charge in [0.15, 0.2) is 0 Å². The summed E-state index contributed by atoms with van der Waals surface area (Å²) < 4.78 is 10.8. The molecular weight excluding hydrogens is 348 g/mol. The van der Waals surface area contributed by atoms with Crippen LogP contribution in [0.4, 0.5) is 0 Å². The Hall–Kier alpha value is -2.40. The fraction of sp³-hybridized carbons (Fsp3) is 0.0588. The van der Waals surface area contributed by atoms with Gasteiger partial charge in [-0.3, -0.25) is 4.79 Å². The van der Waals surface area contributed by atoms with Crippen molar-refractivity contribution in [2.75, 3.05) is 0 Å². The van der Waals surface area contributed by atoms with E-state index < -0.39 is 5.63 Å². The number of hydrogen-bond acceptors (Lipinski definition) is 4. The molecule has 3 aromatic rings. The summed E-state index contributed by atoms with van der Waals surface area (Å²) in [5.41, 5.74) is 0.835. The number of carbonyl (C=O) groups is 1. The number of hydrogen-bond donors (Lipinski definition) is 0. The number of halogens is 1. The predicted molar refractivity (Wildman–Crippen MR) is 88.1 cm³/mol. The topological polar surface area (TPSA) is 56.5 Å². The Bertz CT molecular complexity index is 825. The van der Waals surface area contributed by atoms with Crippen LogP contribution in [0.2, 0.25) is 0 Å². The first kappa shape index (κ1) is 16.0. The van der Waals surface area contributed by atoms with Crippen LogP contribution in [-0.4, -0.2) is 6.47 Å². The number of rotatable bonds is 2. The molecule has 0 saturated heterocycles. The highest BCUT2D eigenvalue weighted by Gasteiger charge is 2.03. The van der Waals surface area contributed by atoms with E-state index in [1.165, 1.54) is 12.1 Å². The second-order valence-electron chi connectivity index (χ2n) is 4.42. The number of ether oxygens (including phenoxy) is 1. The van der Waals surface area contributed by atoms with E-state index >= 15 is 0 Å². The van der Waals surface area contributed by atoms with E-state index in [1.807, 2.05) is 37.3 Å². The number of benzene rings is 2. The molecule has 4 nitrogen and oxygen atoms in total. The lowest BCUT2D eigenvalue weighted by Crippen LogP contribution is -1.98. The molecule has 0 fully saturated rings. The van der Waals surface area contributed by atoms with E-state index in [9.17, 15) is 9.59 Å². The molecule has 0 radical (unpaired) electrons. The first-order valence-corrected chi connectivity index (χ1v) is 7.25. The summed E-state index contributed by atoms with van der Waals surface area (Å²) in [6.07, 6.45) is 0. The molecule has 112 valence electrons. The van der Waals surface area contributed by atoms with Gasteiger partial charge in [0.1, 0.15) is 11.3 Å². The fourth-order valence-corrected chi connectivity index (χ4v) is 2.15. The third kappa shape index (κ3) is 4.30. The van der Waals surface area contributed by atoms with Crippen molar-refractivity contribution in [3.05, 3.63) is 75.1 Å². The van der Waals surface area contributed by atoms with Gasteiger partial charge in [-0.2, -0.15) is 0 Å². The first-order chi connectivity index (χ1) is 10.6. The van der Waals surface area contributed by atoms with Crippen molar-refractivity contribution >= 4 is 33.4 Å². The largest absolute Gasteiger partial charge is 0.429 e. The van der Waals surface area contributed by atoms with E-state index in [0.717, 1.165) is 15.4 Å². The molecular formula is C17H13BrO4. The summed E-state index contributed by atoms with van der Waals surface area (Å²) in [7, 11) is 0. The van der Waals surface area contributed by atoms with Crippen molar-refractivity contribution in [2.45, 2.75) is 6.92 Å². The van der Waals surface area contributed by atoms with Crippen LogP contribution < -0.4 is 10.4 Å². The van der Waals surface area contributed by atoms with Crippen LogP contribution >= 0.6 is 15.9 Å². The molecule has 0 aliphatic rings. The summed E-state index contributed by atoms with van der Waals surface area (Å²) in [6, 6.07) is 16.3. The number of aryl methyl sites for hydroxylation is 1. The minimum absolute atomic E-state index is 0.328. The van der Waals surface area contributed by atoms with Crippen molar-refractivity contribution in [3.8, 4) is 5.75 Å². The molecule has 0 spiro atoms. The van der Waals surface area contributed by atoms with Crippen LogP contribution in [-0.2, 0) is 4.79 Å². The fourth-order valence-electron chi connectivity index (χ4n) is 1.85. The van der Waals surface area contributed by atoms with Gasteiger partial charge in [0.2, 0.25) is 0 Å². The van der Waals surface area contributed by atoms with Crippen LogP contribution in [0, 0.1) is 6.92 Å². The highest BCUT2D eigenvalue weighted by molar-refractivity contribution is 9.10. The van der Waals surface area contributed by atoms with E-state index in [4.69, 9.17) is 4.42 Å². The lowest BCUT2D eigenvalue weighted by molar-refractivity contribution is -0.120. The summed E-state index contributed by atoms with van der Waals surface area (Å²) in [5, 5.41) is 0.827. The van der Waals surface area contributed by atoms with Crippen LogP contribution in [0.3, 0.4) is 0 Å². The molecule has 0 amide bonds. The van der Waals surface area contributed by atoms with Crippen molar-refractivity contribution in [3.63, 3.8) is 0 Å². The second-order valence-corrected chi connectivity index (χ2v) is 5.33. The quantitative estimate of drug-likeness (QED) is 0.510. The molecule has 0 atom stereocenters. The SMILES string of the molecule is Brc1ccccc1.Cc1cc(=O)oc2cc(OC=O)ccc12. The van der Waals surface area contributed by atoms with Gasteiger partial charge in [0, 0.05) is 22.0 Å². The van der Waals surface area contributed by atoms with Gasteiger partial charge in [0.05, 0.1) is 0 Å². The minimum atomic E-state index is -0.414. The van der Waals surface area contributed by atoms with Crippen LogP contribution in [0.5, 0.6) is 5.75 Å². The van der Waals surface area contributed by atoms with E-state index in [1.54, 1.807) is 12.1 Å².